The Labute approximate surface area is 83.7 Å². The number of methoxy groups -OCH3 is 1. The molecule has 14 heavy (non-hydrogen) atoms. The van der Waals surface area contributed by atoms with Gasteiger partial charge in [-0.25, -0.2) is 9.97 Å². The number of nitrogens with zero attached hydrogens (tertiary/aromatic N) is 2. The van der Waals surface area contributed by atoms with E-state index >= 15 is 0 Å². The van der Waals surface area contributed by atoms with Crippen molar-refractivity contribution in [3.05, 3.63) is 12.0 Å². The Morgan fingerprint density at radius 2 is 2.29 bits per heavy atom. The molecule has 1 aliphatic carbocycles. The van der Waals surface area contributed by atoms with Crippen LogP contribution >= 0.6 is 0 Å². The summed E-state index contributed by atoms with van der Waals surface area (Å²) in [5, 5.41) is 3.01. The van der Waals surface area contributed by atoms with Crippen molar-refractivity contribution in [2.24, 2.45) is 5.92 Å². The van der Waals surface area contributed by atoms with E-state index in [0.717, 1.165) is 17.6 Å². The maximum absolute atomic E-state index is 5.13. The zero-order chi connectivity index (χ0) is 10.1. The second kappa shape index (κ2) is 3.44. The van der Waals surface area contributed by atoms with Gasteiger partial charge in [0.2, 0.25) is 0 Å². The second-order valence-corrected chi connectivity index (χ2v) is 3.71. The van der Waals surface area contributed by atoms with Gasteiger partial charge in [-0.2, -0.15) is 0 Å². The molecule has 1 aliphatic rings. The largest absolute Gasteiger partial charge is 0.491 e. The summed E-state index contributed by atoms with van der Waals surface area (Å²) in [5.41, 5.74) is 0. The van der Waals surface area contributed by atoms with E-state index in [1.54, 1.807) is 13.3 Å². The van der Waals surface area contributed by atoms with Crippen LogP contribution in [-0.2, 0) is 0 Å². The molecule has 0 aromatic carbocycles. The predicted molar refractivity (Wildman–Crippen MR) is 54.7 cm³/mol. The van der Waals surface area contributed by atoms with Gasteiger partial charge in [0.1, 0.15) is 5.82 Å². The Morgan fingerprint density at radius 3 is 2.79 bits per heavy atom. The van der Waals surface area contributed by atoms with Gasteiger partial charge in [-0.1, -0.05) is 6.92 Å². The molecule has 2 rings (SSSR count). The molecular weight excluding hydrogens is 178 g/mol. The fraction of sp³-hybridized carbons (Fsp3) is 0.600. The summed E-state index contributed by atoms with van der Waals surface area (Å²) in [5.74, 6) is 3.69. The van der Waals surface area contributed by atoms with Crippen molar-refractivity contribution >= 4 is 5.82 Å². The van der Waals surface area contributed by atoms with Crippen LogP contribution in [-0.4, -0.2) is 24.1 Å². The Hall–Kier alpha value is -1.32. The number of hydrogen-bond acceptors (Lipinski definition) is 4. The van der Waals surface area contributed by atoms with Gasteiger partial charge in [0.25, 0.3) is 0 Å². The molecule has 0 aliphatic heterocycles. The van der Waals surface area contributed by atoms with Crippen molar-refractivity contribution in [1.82, 2.24) is 9.97 Å². The van der Waals surface area contributed by atoms with E-state index in [2.05, 4.69) is 22.2 Å². The molecule has 0 radical (unpaired) electrons. The Kier molecular flexibility index (Phi) is 2.27. The van der Waals surface area contributed by atoms with Gasteiger partial charge < -0.3 is 10.1 Å². The van der Waals surface area contributed by atoms with Gasteiger partial charge in [-0.05, 0) is 12.3 Å². The van der Waals surface area contributed by atoms with Crippen molar-refractivity contribution in [3.8, 4) is 5.75 Å². The smallest absolute Gasteiger partial charge is 0.179 e. The molecular formula is C10H15N3O. The van der Waals surface area contributed by atoms with Gasteiger partial charge in [0, 0.05) is 13.0 Å². The SMILES string of the molecule is CNc1nc(C2CC2C)ncc1OC. The first-order chi connectivity index (χ1) is 6.76. The van der Waals surface area contributed by atoms with Crippen LogP contribution in [0.15, 0.2) is 6.20 Å². The van der Waals surface area contributed by atoms with Gasteiger partial charge >= 0.3 is 0 Å². The number of aromatic nitrogens is 2. The number of ether oxygens (including phenoxy) is 1. The average Bonchev–Trinajstić information content (AvgIpc) is 2.94. The summed E-state index contributed by atoms with van der Waals surface area (Å²) in [4.78, 5) is 8.72. The van der Waals surface area contributed by atoms with Crippen molar-refractivity contribution in [2.45, 2.75) is 19.3 Å². The fourth-order valence-electron chi connectivity index (χ4n) is 1.57. The van der Waals surface area contributed by atoms with Gasteiger partial charge in [0.05, 0.1) is 13.3 Å². The normalized spacial score (nSPS) is 24.5. The topological polar surface area (TPSA) is 47.0 Å². The number of hydrogen-bond donors (Lipinski definition) is 1. The van der Waals surface area contributed by atoms with E-state index in [1.165, 1.54) is 6.42 Å². The first kappa shape index (κ1) is 9.24. The minimum Gasteiger partial charge on any atom is -0.491 e. The van der Waals surface area contributed by atoms with Crippen LogP contribution in [0.3, 0.4) is 0 Å². The third kappa shape index (κ3) is 1.52. The monoisotopic (exact) mass is 193 g/mol. The first-order valence-corrected chi connectivity index (χ1v) is 4.85. The maximum Gasteiger partial charge on any atom is 0.179 e. The Bertz CT molecular complexity index is 340. The molecule has 1 saturated carbocycles. The fourth-order valence-corrected chi connectivity index (χ4v) is 1.57. The molecule has 1 heterocycles. The molecule has 76 valence electrons. The minimum absolute atomic E-state index is 0.549. The van der Waals surface area contributed by atoms with E-state index in [0.29, 0.717) is 11.7 Å². The molecule has 1 fully saturated rings. The van der Waals surface area contributed by atoms with Crippen LogP contribution < -0.4 is 10.1 Å². The lowest BCUT2D eigenvalue weighted by atomic mass is 10.3. The molecule has 0 bridgehead atoms. The number of nitrogens with one attached hydrogen (secondary N) is 1. The zero-order valence-corrected chi connectivity index (χ0v) is 8.74. The minimum atomic E-state index is 0.549. The molecule has 4 heteroatoms. The number of anilines is 1. The maximum atomic E-state index is 5.13. The molecule has 1 aromatic rings. The highest BCUT2D eigenvalue weighted by molar-refractivity contribution is 5.48. The highest BCUT2D eigenvalue weighted by atomic mass is 16.5. The van der Waals surface area contributed by atoms with E-state index in [4.69, 9.17) is 4.74 Å². The van der Waals surface area contributed by atoms with Crippen LogP contribution in [0.1, 0.15) is 25.1 Å². The molecule has 0 amide bonds. The van der Waals surface area contributed by atoms with Gasteiger partial charge in [-0.3, -0.25) is 0 Å². The summed E-state index contributed by atoms with van der Waals surface area (Å²) >= 11 is 0. The van der Waals surface area contributed by atoms with Crippen molar-refractivity contribution < 1.29 is 4.74 Å². The van der Waals surface area contributed by atoms with Gasteiger partial charge in [-0.15, -0.1) is 0 Å². The van der Waals surface area contributed by atoms with Crippen molar-refractivity contribution in [2.75, 3.05) is 19.5 Å². The lowest BCUT2D eigenvalue weighted by molar-refractivity contribution is 0.412. The third-order valence-corrected chi connectivity index (χ3v) is 2.67. The highest BCUT2D eigenvalue weighted by Gasteiger charge is 2.36. The summed E-state index contributed by atoms with van der Waals surface area (Å²) in [6.45, 7) is 2.22. The summed E-state index contributed by atoms with van der Waals surface area (Å²) in [7, 11) is 3.46. The molecule has 0 saturated heterocycles. The van der Waals surface area contributed by atoms with E-state index < -0.39 is 0 Å². The summed E-state index contributed by atoms with van der Waals surface area (Å²) < 4.78 is 5.13. The first-order valence-electron chi connectivity index (χ1n) is 4.85. The molecule has 1 N–H and O–H groups in total. The predicted octanol–water partition coefficient (Wildman–Crippen LogP) is 1.65. The van der Waals surface area contributed by atoms with Crippen molar-refractivity contribution in [3.63, 3.8) is 0 Å². The Morgan fingerprint density at radius 1 is 1.57 bits per heavy atom. The standard InChI is InChI=1S/C10H15N3O/c1-6-4-7(6)9-12-5-8(14-3)10(11-2)13-9/h5-7H,4H2,1-3H3,(H,11,12,13). The van der Waals surface area contributed by atoms with Crippen LogP contribution in [0, 0.1) is 5.92 Å². The van der Waals surface area contributed by atoms with Crippen LogP contribution in [0.5, 0.6) is 5.75 Å². The highest BCUT2D eigenvalue weighted by Crippen LogP contribution is 2.45. The second-order valence-electron chi connectivity index (χ2n) is 3.71. The van der Waals surface area contributed by atoms with Crippen molar-refractivity contribution in [1.29, 1.82) is 0 Å². The summed E-state index contributed by atoms with van der Waals surface area (Å²) in [6, 6.07) is 0. The van der Waals surface area contributed by atoms with Gasteiger partial charge in [0.15, 0.2) is 11.6 Å². The summed E-state index contributed by atoms with van der Waals surface area (Å²) in [6.07, 6.45) is 2.94. The van der Waals surface area contributed by atoms with E-state index in [9.17, 15) is 0 Å². The zero-order valence-electron chi connectivity index (χ0n) is 8.74. The molecule has 1 aromatic heterocycles. The van der Waals surface area contributed by atoms with Crippen LogP contribution in [0.25, 0.3) is 0 Å². The van der Waals surface area contributed by atoms with Crippen LogP contribution in [0.2, 0.25) is 0 Å². The lowest BCUT2D eigenvalue weighted by Crippen LogP contribution is -2.02. The lowest BCUT2D eigenvalue weighted by Gasteiger charge is -2.07. The average molecular weight is 193 g/mol. The van der Waals surface area contributed by atoms with Crippen LogP contribution in [0.4, 0.5) is 5.82 Å². The third-order valence-electron chi connectivity index (χ3n) is 2.67. The molecule has 0 spiro atoms. The molecule has 4 nitrogen and oxygen atoms in total. The number of rotatable bonds is 3. The van der Waals surface area contributed by atoms with E-state index in [-0.39, 0.29) is 0 Å². The molecule has 2 atom stereocenters. The Balaban J connectivity index is 2.27. The molecule has 2 unspecified atom stereocenters. The quantitative estimate of drug-likeness (QED) is 0.793. The van der Waals surface area contributed by atoms with E-state index in [1.807, 2.05) is 7.05 Å².